The van der Waals surface area contributed by atoms with E-state index in [1.165, 1.54) is 36.9 Å². The van der Waals surface area contributed by atoms with Crippen LogP contribution in [0.15, 0.2) is 24.3 Å². The Hall–Kier alpha value is -0.860. The van der Waals surface area contributed by atoms with Gasteiger partial charge in [-0.25, -0.2) is 0 Å². The lowest BCUT2D eigenvalue weighted by Gasteiger charge is -2.26. The minimum atomic E-state index is 0.640. The van der Waals surface area contributed by atoms with Crippen LogP contribution in [0.2, 0.25) is 0 Å². The largest absolute Gasteiger partial charge is 0.313 e. The van der Waals surface area contributed by atoms with E-state index in [1.807, 2.05) is 0 Å². The van der Waals surface area contributed by atoms with Gasteiger partial charge in [-0.3, -0.25) is 4.90 Å². The quantitative estimate of drug-likeness (QED) is 0.689. The summed E-state index contributed by atoms with van der Waals surface area (Å²) in [6, 6.07) is 9.78. The molecule has 2 rings (SSSR count). The topological polar surface area (TPSA) is 15.3 Å². The number of nitrogens with zero attached hydrogens (tertiary/aromatic N) is 1. The summed E-state index contributed by atoms with van der Waals surface area (Å²) in [5, 5.41) is 3.45. The Morgan fingerprint density at radius 3 is 2.35 bits per heavy atom. The van der Waals surface area contributed by atoms with Crippen LogP contribution >= 0.6 is 0 Å². The Kier molecular flexibility index (Phi) is 6.06. The standard InChI is InChI=1S/C18H30N2/c1-4-11-19-12-16-5-7-17(8-6-16)13-20(15(2)3)14-18-9-10-18/h5-8,15,18-19H,4,9-14H2,1-3H3. The van der Waals surface area contributed by atoms with Crippen LogP contribution in [0.5, 0.6) is 0 Å². The molecule has 0 atom stereocenters. The van der Waals surface area contributed by atoms with Gasteiger partial charge in [0.2, 0.25) is 0 Å². The predicted molar refractivity (Wildman–Crippen MR) is 86.7 cm³/mol. The van der Waals surface area contributed by atoms with Gasteiger partial charge in [-0.2, -0.15) is 0 Å². The number of hydrogen-bond donors (Lipinski definition) is 1. The van der Waals surface area contributed by atoms with Crippen LogP contribution < -0.4 is 5.32 Å². The molecule has 1 aromatic rings. The highest BCUT2D eigenvalue weighted by Crippen LogP contribution is 2.30. The molecule has 1 N–H and O–H groups in total. The molecule has 0 spiro atoms. The molecular weight excluding hydrogens is 244 g/mol. The van der Waals surface area contributed by atoms with Crippen molar-refractivity contribution in [3.63, 3.8) is 0 Å². The lowest BCUT2D eigenvalue weighted by molar-refractivity contribution is 0.204. The van der Waals surface area contributed by atoms with Gasteiger partial charge in [-0.15, -0.1) is 0 Å². The maximum Gasteiger partial charge on any atom is 0.0236 e. The fourth-order valence-corrected chi connectivity index (χ4v) is 2.50. The summed E-state index contributed by atoms with van der Waals surface area (Å²) in [5.41, 5.74) is 2.83. The molecule has 0 saturated heterocycles. The Labute approximate surface area is 124 Å². The highest BCUT2D eigenvalue weighted by Gasteiger charge is 2.25. The minimum Gasteiger partial charge on any atom is -0.313 e. The zero-order valence-corrected chi connectivity index (χ0v) is 13.4. The molecular formula is C18H30N2. The fourth-order valence-electron chi connectivity index (χ4n) is 2.50. The molecule has 0 amide bonds. The zero-order valence-electron chi connectivity index (χ0n) is 13.4. The molecule has 20 heavy (non-hydrogen) atoms. The second-order valence-electron chi connectivity index (χ2n) is 6.46. The lowest BCUT2D eigenvalue weighted by atomic mass is 10.1. The van der Waals surface area contributed by atoms with Crippen molar-refractivity contribution in [2.24, 2.45) is 5.92 Å². The molecule has 2 nitrogen and oxygen atoms in total. The molecule has 1 fully saturated rings. The van der Waals surface area contributed by atoms with Crippen LogP contribution in [0.1, 0.15) is 51.2 Å². The molecule has 0 heterocycles. The monoisotopic (exact) mass is 274 g/mol. The predicted octanol–water partition coefficient (Wildman–Crippen LogP) is 3.81. The summed E-state index contributed by atoms with van der Waals surface area (Å²) in [7, 11) is 0. The third-order valence-electron chi connectivity index (χ3n) is 4.08. The van der Waals surface area contributed by atoms with E-state index in [-0.39, 0.29) is 0 Å². The van der Waals surface area contributed by atoms with E-state index in [4.69, 9.17) is 0 Å². The third-order valence-corrected chi connectivity index (χ3v) is 4.08. The number of benzene rings is 1. The van der Waals surface area contributed by atoms with Gasteiger partial charge in [-0.05, 0) is 56.7 Å². The van der Waals surface area contributed by atoms with Gasteiger partial charge in [0.05, 0.1) is 0 Å². The SMILES string of the molecule is CCCNCc1ccc(CN(CC2CC2)C(C)C)cc1. The van der Waals surface area contributed by atoms with Crippen LogP contribution in [0.25, 0.3) is 0 Å². The van der Waals surface area contributed by atoms with Gasteiger partial charge in [0, 0.05) is 25.7 Å². The second kappa shape index (κ2) is 7.80. The van der Waals surface area contributed by atoms with E-state index in [0.29, 0.717) is 6.04 Å². The molecule has 0 bridgehead atoms. The molecule has 0 unspecified atom stereocenters. The highest BCUT2D eigenvalue weighted by molar-refractivity contribution is 5.22. The summed E-state index contributed by atoms with van der Waals surface area (Å²) in [4.78, 5) is 2.61. The van der Waals surface area contributed by atoms with E-state index in [2.05, 4.69) is 55.3 Å². The smallest absolute Gasteiger partial charge is 0.0236 e. The Balaban J connectivity index is 1.84. The van der Waals surface area contributed by atoms with E-state index in [9.17, 15) is 0 Å². The normalized spacial score (nSPS) is 15.2. The average molecular weight is 274 g/mol. The average Bonchev–Trinajstić information content (AvgIpc) is 3.24. The van der Waals surface area contributed by atoms with Crippen LogP contribution in [-0.2, 0) is 13.1 Å². The van der Waals surface area contributed by atoms with Gasteiger partial charge < -0.3 is 5.32 Å². The first kappa shape index (κ1) is 15.5. The van der Waals surface area contributed by atoms with Crippen molar-refractivity contribution in [3.05, 3.63) is 35.4 Å². The maximum atomic E-state index is 3.45. The van der Waals surface area contributed by atoms with Crippen molar-refractivity contribution in [3.8, 4) is 0 Å². The van der Waals surface area contributed by atoms with Gasteiger partial charge in [0.15, 0.2) is 0 Å². The number of rotatable bonds is 9. The lowest BCUT2D eigenvalue weighted by Crippen LogP contribution is -2.32. The molecule has 2 heteroatoms. The Bertz CT molecular complexity index is 379. The van der Waals surface area contributed by atoms with Crippen molar-refractivity contribution < 1.29 is 0 Å². The zero-order chi connectivity index (χ0) is 14.4. The first-order chi connectivity index (χ1) is 9.69. The second-order valence-corrected chi connectivity index (χ2v) is 6.46. The molecule has 1 aliphatic rings. The van der Waals surface area contributed by atoms with E-state index in [0.717, 1.165) is 25.6 Å². The third kappa shape index (κ3) is 5.26. The molecule has 112 valence electrons. The number of hydrogen-bond acceptors (Lipinski definition) is 2. The molecule has 1 aliphatic carbocycles. The van der Waals surface area contributed by atoms with Crippen LogP contribution in [0, 0.1) is 5.92 Å². The minimum absolute atomic E-state index is 0.640. The summed E-state index contributed by atoms with van der Waals surface area (Å²) >= 11 is 0. The molecule has 0 aliphatic heterocycles. The Morgan fingerprint density at radius 1 is 1.15 bits per heavy atom. The van der Waals surface area contributed by atoms with Crippen molar-refractivity contribution in [2.45, 2.75) is 59.2 Å². The molecule has 0 aromatic heterocycles. The summed E-state index contributed by atoms with van der Waals surface area (Å²) in [5.74, 6) is 0.968. The maximum absolute atomic E-state index is 3.45. The fraction of sp³-hybridized carbons (Fsp3) is 0.667. The summed E-state index contributed by atoms with van der Waals surface area (Å²) in [6.07, 6.45) is 4.07. The van der Waals surface area contributed by atoms with Crippen molar-refractivity contribution in [1.29, 1.82) is 0 Å². The van der Waals surface area contributed by atoms with Gasteiger partial charge >= 0.3 is 0 Å². The molecule has 1 aromatic carbocycles. The van der Waals surface area contributed by atoms with E-state index < -0.39 is 0 Å². The van der Waals surface area contributed by atoms with Crippen molar-refractivity contribution in [2.75, 3.05) is 13.1 Å². The van der Waals surface area contributed by atoms with E-state index in [1.54, 1.807) is 0 Å². The summed E-state index contributed by atoms with van der Waals surface area (Å²) in [6.45, 7) is 11.3. The van der Waals surface area contributed by atoms with Crippen LogP contribution in [0.3, 0.4) is 0 Å². The Morgan fingerprint density at radius 2 is 1.80 bits per heavy atom. The first-order valence-electron chi connectivity index (χ1n) is 8.21. The summed E-state index contributed by atoms with van der Waals surface area (Å²) < 4.78 is 0. The van der Waals surface area contributed by atoms with Crippen molar-refractivity contribution >= 4 is 0 Å². The van der Waals surface area contributed by atoms with Crippen LogP contribution in [0.4, 0.5) is 0 Å². The highest BCUT2D eigenvalue weighted by atomic mass is 15.1. The van der Waals surface area contributed by atoms with Gasteiger partial charge in [0.1, 0.15) is 0 Å². The van der Waals surface area contributed by atoms with Crippen molar-refractivity contribution in [1.82, 2.24) is 10.2 Å². The molecule has 0 radical (unpaired) electrons. The first-order valence-corrected chi connectivity index (χ1v) is 8.21. The van der Waals surface area contributed by atoms with E-state index >= 15 is 0 Å². The number of nitrogens with one attached hydrogen (secondary N) is 1. The molecule has 1 saturated carbocycles. The van der Waals surface area contributed by atoms with Gasteiger partial charge in [-0.1, -0.05) is 31.2 Å². The van der Waals surface area contributed by atoms with Crippen LogP contribution in [-0.4, -0.2) is 24.0 Å². The van der Waals surface area contributed by atoms with Gasteiger partial charge in [0.25, 0.3) is 0 Å².